The molecule has 3 heteroatoms. The summed E-state index contributed by atoms with van der Waals surface area (Å²) in [5.74, 6) is -0.541. The third kappa shape index (κ3) is 1.83. The Kier molecular flexibility index (Phi) is 3.25. The van der Waals surface area contributed by atoms with Crippen LogP contribution in [-0.2, 0) is 22.4 Å². The molecule has 86 valence electrons. The van der Waals surface area contributed by atoms with E-state index in [1.807, 2.05) is 12.1 Å². The van der Waals surface area contributed by atoms with Gasteiger partial charge < -0.3 is 10.5 Å². The molecule has 0 spiro atoms. The van der Waals surface area contributed by atoms with E-state index in [2.05, 4.69) is 6.07 Å². The largest absolute Gasteiger partial charge is 0.469 e. The Bertz CT molecular complexity index is 401. The van der Waals surface area contributed by atoms with Crippen LogP contribution >= 0.6 is 0 Å². The second-order valence-electron chi connectivity index (χ2n) is 4.15. The summed E-state index contributed by atoms with van der Waals surface area (Å²) < 4.78 is 4.80. The first-order chi connectivity index (χ1) is 7.77. The van der Waals surface area contributed by atoms with Crippen LogP contribution in [0, 0.1) is 0 Å². The van der Waals surface area contributed by atoms with Crippen molar-refractivity contribution in [3.05, 3.63) is 34.9 Å². The van der Waals surface area contributed by atoms with Gasteiger partial charge in [-0.05, 0) is 36.0 Å². The van der Waals surface area contributed by atoms with Crippen LogP contribution in [0.1, 0.15) is 29.0 Å². The molecule has 1 aliphatic rings. The summed E-state index contributed by atoms with van der Waals surface area (Å²) in [6, 6.07) is 6.14. The highest BCUT2D eigenvalue weighted by Crippen LogP contribution is 2.30. The molecule has 0 amide bonds. The lowest BCUT2D eigenvalue weighted by Crippen LogP contribution is -2.23. The topological polar surface area (TPSA) is 52.3 Å². The third-order valence-electron chi connectivity index (χ3n) is 3.28. The average Bonchev–Trinajstić information content (AvgIpc) is 2.78. The molecule has 0 saturated carbocycles. The van der Waals surface area contributed by atoms with Crippen LogP contribution in [0.3, 0.4) is 0 Å². The van der Waals surface area contributed by atoms with Gasteiger partial charge in [-0.1, -0.05) is 18.2 Å². The average molecular weight is 219 g/mol. The van der Waals surface area contributed by atoms with Gasteiger partial charge in [0.25, 0.3) is 0 Å². The minimum atomic E-state index is -0.307. The number of carbonyl (C=O) groups is 1. The van der Waals surface area contributed by atoms with E-state index in [0.717, 1.165) is 18.4 Å². The van der Waals surface area contributed by atoms with E-state index in [0.29, 0.717) is 6.54 Å². The molecule has 0 aromatic heterocycles. The molecule has 0 saturated heterocycles. The summed E-state index contributed by atoms with van der Waals surface area (Å²) in [5.41, 5.74) is 9.40. The van der Waals surface area contributed by atoms with E-state index in [-0.39, 0.29) is 11.9 Å². The zero-order chi connectivity index (χ0) is 11.5. The smallest absolute Gasteiger partial charge is 0.314 e. The Morgan fingerprint density at radius 1 is 1.50 bits per heavy atom. The molecule has 16 heavy (non-hydrogen) atoms. The molecule has 0 bridgehead atoms. The number of fused-ring (bicyclic) bond motifs is 1. The number of esters is 1. The molecule has 2 N–H and O–H groups in total. The van der Waals surface area contributed by atoms with E-state index in [1.54, 1.807) is 0 Å². The highest BCUT2D eigenvalue weighted by atomic mass is 16.5. The predicted octanol–water partition coefficient (Wildman–Crippen LogP) is 1.39. The molecular formula is C13H17NO2. The van der Waals surface area contributed by atoms with Crippen LogP contribution < -0.4 is 5.73 Å². The van der Waals surface area contributed by atoms with E-state index < -0.39 is 0 Å². The summed E-state index contributed by atoms with van der Waals surface area (Å²) in [7, 11) is 1.41. The number of aryl methyl sites for hydroxylation is 1. The maximum Gasteiger partial charge on any atom is 0.314 e. The molecule has 1 aliphatic carbocycles. The number of benzene rings is 1. The SMILES string of the molecule is COC(=O)C(CN)c1cccc2c1CCC2. The molecule has 1 aromatic carbocycles. The molecule has 0 fully saturated rings. The van der Waals surface area contributed by atoms with E-state index >= 15 is 0 Å². The van der Waals surface area contributed by atoms with Gasteiger partial charge in [-0.2, -0.15) is 0 Å². The number of hydrogen-bond acceptors (Lipinski definition) is 3. The van der Waals surface area contributed by atoms with Crippen molar-refractivity contribution >= 4 is 5.97 Å². The van der Waals surface area contributed by atoms with Crippen molar-refractivity contribution in [2.24, 2.45) is 5.73 Å². The Labute approximate surface area is 95.6 Å². The van der Waals surface area contributed by atoms with Crippen molar-refractivity contribution in [2.45, 2.75) is 25.2 Å². The van der Waals surface area contributed by atoms with Gasteiger partial charge in [0.15, 0.2) is 0 Å². The number of methoxy groups -OCH3 is 1. The minimum Gasteiger partial charge on any atom is -0.469 e. The van der Waals surface area contributed by atoms with Crippen molar-refractivity contribution in [3.8, 4) is 0 Å². The van der Waals surface area contributed by atoms with Gasteiger partial charge in [-0.25, -0.2) is 0 Å². The lowest BCUT2D eigenvalue weighted by molar-refractivity contribution is -0.142. The van der Waals surface area contributed by atoms with Gasteiger partial charge in [-0.3, -0.25) is 4.79 Å². The van der Waals surface area contributed by atoms with Crippen LogP contribution in [0.5, 0.6) is 0 Å². The first-order valence-corrected chi connectivity index (χ1v) is 5.66. The Morgan fingerprint density at radius 2 is 2.31 bits per heavy atom. The second-order valence-corrected chi connectivity index (χ2v) is 4.15. The van der Waals surface area contributed by atoms with Gasteiger partial charge in [0.05, 0.1) is 13.0 Å². The van der Waals surface area contributed by atoms with Gasteiger partial charge in [-0.15, -0.1) is 0 Å². The zero-order valence-corrected chi connectivity index (χ0v) is 9.53. The Balaban J connectivity index is 2.39. The molecule has 0 aliphatic heterocycles. The summed E-state index contributed by atoms with van der Waals surface area (Å²) >= 11 is 0. The fourth-order valence-electron chi connectivity index (χ4n) is 2.47. The van der Waals surface area contributed by atoms with E-state index in [1.165, 1.54) is 24.7 Å². The van der Waals surface area contributed by atoms with Crippen molar-refractivity contribution in [1.29, 1.82) is 0 Å². The molecule has 1 aromatic rings. The number of hydrogen-bond donors (Lipinski definition) is 1. The molecular weight excluding hydrogens is 202 g/mol. The number of carbonyl (C=O) groups excluding carboxylic acids is 1. The highest BCUT2D eigenvalue weighted by Gasteiger charge is 2.25. The van der Waals surface area contributed by atoms with Gasteiger partial charge >= 0.3 is 5.97 Å². The zero-order valence-electron chi connectivity index (χ0n) is 9.53. The lowest BCUT2D eigenvalue weighted by atomic mass is 9.92. The van der Waals surface area contributed by atoms with Crippen LogP contribution in [-0.4, -0.2) is 19.6 Å². The van der Waals surface area contributed by atoms with Crippen LogP contribution in [0.4, 0.5) is 0 Å². The van der Waals surface area contributed by atoms with Crippen molar-refractivity contribution in [3.63, 3.8) is 0 Å². The monoisotopic (exact) mass is 219 g/mol. The van der Waals surface area contributed by atoms with Gasteiger partial charge in [0.1, 0.15) is 0 Å². The summed E-state index contributed by atoms with van der Waals surface area (Å²) in [6.45, 7) is 0.309. The van der Waals surface area contributed by atoms with Crippen molar-refractivity contribution < 1.29 is 9.53 Å². The molecule has 1 atom stereocenters. The van der Waals surface area contributed by atoms with Gasteiger partial charge in [0.2, 0.25) is 0 Å². The Hall–Kier alpha value is -1.35. The quantitative estimate of drug-likeness (QED) is 0.782. The van der Waals surface area contributed by atoms with Crippen molar-refractivity contribution in [1.82, 2.24) is 0 Å². The summed E-state index contributed by atoms with van der Waals surface area (Å²) in [6.07, 6.45) is 3.34. The van der Waals surface area contributed by atoms with Crippen LogP contribution in [0.15, 0.2) is 18.2 Å². The number of nitrogens with two attached hydrogens (primary N) is 1. The summed E-state index contributed by atoms with van der Waals surface area (Å²) in [4.78, 5) is 11.6. The van der Waals surface area contributed by atoms with Gasteiger partial charge in [0, 0.05) is 6.54 Å². The highest BCUT2D eigenvalue weighted by molar-refractivity contribution is 5.79. The fourth-order valence-corrected chi connectivity index (χ4v) is 2.47. The third-order valence-corrected chi connectivity index (χ3v) is 3.28. The molecule has 0 radical (unpaired) electrons. The van der Waals surface area contributed by atoms with Crippen molar-refractivity contribution in [2.75, 3.05) is 13.7 Å². The Morgan fingerprint density at radius 3 is 3.00 bits per heavy atom. The maximum absolute atomic E-state index is 11.6. The normalized spacial score (nSPS) is 15.6. The lowest BCUT2D eigenvalue weighted by Gasteiger charge is -2.16. The predicted molar refractivity (Wildman–Crippen MR) is 62.3 cm³/mol. The first kappa shape index (κ1) is 11.1. The van der Waals surface area contributed by atoms with E-state index in [4.69, 9.17) is 10.5 Å². The second kappa shape index (κ2) is 4.66. The molecule has 2 rings (SSSR count). The van der Waals surface area contributed by atoms with Crippen LogP contribution in [0.25, 0.3) is 0 Å². The molecule has 1 unspecified atom stereocenters. The van der Waals surface area contributed by atoms with E-state index in [9.17, 15) is 4.79 Å². The minimum absolute atomic E-state index is 0.234. The molecule has 0 heterocycles. The number of ether oxygens (including phenoxy) is 1. The first-order valence-electron chi connectivity index (χ1n) is 5.66. The summed E-state index contributed by atoms with van der Waals surface area (Å²) in [5, 5.41) is 0. The molecule has 3 nitrogen and oxygen atoms in total. The fraction of sp³-hybridized carbons (Fsp3) is 0.462. The standard InChI is InChI=1S/C13H17NO2/c1-16-13(15)12(8-14)11-7-3-5-9-4-2-6-10(9)11/h3,5,7,12H,2,4,6,8,14H2,1H3. The maximum atomic E-state index is 11.6. The number of rotatable bonds is 3. The van der Waals surface area contributed by atoms with Crippen LogP contribution in [0.2, 0.25) is 0 Å².